The third-order valence-electron chi connectivity index (χ3n) is 7.27. The zero-order valence-corrected chi connectivity index (χ0v) is 16.3. The van der Waals surface area contributed by atoms with E-state index in [9.17, 15) is 4.79 Å². The lowest BCUT2D eigenvalue weighted by atomic mass is 9.56. The van der Waals surface area contributed by atoms with Crippen LogP contribution in [0.3, 0.4) is 0 Å². The molecule has 0 spiro atoms. The molecule has 4 rings (SSSR count). The minimum Gasteiger partial charge on any atom is -0.435 e. The topological polar surface area (TPSA) is 44.8 Å². The maximum atomic E-state index is 12.5. The Kier molecular flexibility index (Phi) is 4.08. The van der Waals surface area contributed by atoms with E-state index in [-0.39, 0.29) is 29.5 Å². The summed E-state index contributed by atoms with van der Waals surface area (Å²) >= 11 is 0. The van der Waals surface area contributed by atoms with E-state index >= 15 is 0 Å². The average Bonchev–Trinajstić information content (AvgIpc) is 2.89. The van der Waals surface area contributed by atoms with Crippen molar-refractivity contribution in [3.05, 3.63) is 11.1 Å². The van der Waals surface area contributed by atoms with E-state index in [4.69, 9.17) is 14.2 Å². The van der Waals surface area contributed by atoms with Crippen LogP contribution in [0.4, 0.5) is 0 Å². The predicted octanol–water partition coefficient (Wildman–Crippen LogP) is 4.44. The smallest absolute Gasteiger partial charge is 0.315 e. The number of allylic oxidation sites excluding steroid dienone is 1. The molecule has 0 aromatic carbocycles. The fourth-order valence-corrected chi connectivity index (χ4v) is 6.36. The van der Waals surface area contributed by atoms with Crippen molar-refractivity contribution in [3.8, 4) is 0 Å². The Balaban J connectivity index is 1.79. The van der Waals surface area contributed by atoms with Crippen LogP contribution in [0.15, 0.2) is 11.1 Å². The van der Waals surface area contributed by atoms with E-state index in [1.165, 1.54) is 36.8 Å². The minimum absolute atomic E-state index is 0.134. The highest BCUT2D eigenvalue weighted by molar-refractivity contribution is 5.77. The zero-order valence-electron chi connectivity index (χ0n) is 16.3. The van der Waals surface area contributed by atoms with Gasteiger partial charge in [-0.2, -0.15) is 0 Å². The second-order valence-electron chi connectivity index (χ2n) is 9.68. The highest BCUT2D eigenvalue weighted by atomic mass is 16.8. The summed E-state index contributed by atoms with van der Waals surface area (Å²) in [5, 5.41) is 0. The number of ether oxygens (including phenoxy) is 3. The van der Waals surface area contributed by atoms with E-state index in [1.54, 1.807) is 7.11 Å². The van der Waals surface area contributed by atoms with Gasteiger partial charge in [-0.05, 0) is 55.4 Å². The second-order valence-corrected chi connectivity index (χ2v) is 9.68. The largest absolute Gasteiger partial charge is 0.435 e. The summed E-state index contributed by atoms with van der Waals surface area (Å²) in [4.78, 5) is 12.5. The molecule has 0 radical (unpaired) electrons. The number of hydrogen-bond acceptors (Lipinski definition) is 4. The highest BCUT2D eigenvalue weighted by Gasteiger charge is 2.57. The third kappa shape index (κ3) is 2.68. The van der Waals surface area contributed by atoms with Crippen molar-refractivity contribution in [2.75, 3.05) is 7.11 Å². The molecule has 2 saturated heterocycles. The molecule has 4 aliphatic rings. The number of hydrogen-bond donors (Lipinski definition) is 0. The van der Waals surface area contributed by atoms with Crippen molar-refractivity contribution in [3.63, 3.8) is 0 Å². The van der Waals surface area contributed by atoms with E-state index in [1.807, 2.05) is 6.92 Å². The molecule has 6 atom stereocenters. The molecule has 0 bridgehead atoms. The van der Waals surface area contributed by atoms with Crippen LogP contribution >= 0.6 is 0 Å². The molecule has 0 aromatic rings. The summed E-state index contributed by atoms with van der Waals surface area (Å²) in [6, 6.07) is 0. The van der Waals surface area contributed by atoms with Crippen LogP contribution in [-0.2, 0) is 19.0 Å². The molecule has 2 heterocycles. The maximum Gasteiger partial charge on any atom is 0.315 e. The summed E-state index contributed by atoms with van der Waals surface area (Å²) in [5.74, 6) is 0.206. The molecule has 140 valence electrons. The van der Waals surface area contributed by atoms with Crippen LogP contribution in [0.5, 0.6) is 0 Å². The number of rotatable bonds is 2. The summed E-state index contributed by atoms with van der Waals surface area (Å²) in [5.41, 5.74) is 3.44. The van der Waals surface area contributed by atoms with Gasteiger partial charge in [0.2, 0.25) is 6.29 Å². The summed E-state index contributed by atoms with van der Waals surface area (Å²) in [6.07, 6.45) is 6.44. The van der Waals surface area contributed by atoms with Gasteiger partial charge in [-0.15, -0.1) is 0 Å². The zero-order chi connectivity index (χ0) is 18.0. The molecule has 0 amide bonds. The molecular formula is C21H32O4. The van der Waals surface area contributed by atoms with Crippen LogP contribution in [0, 0.1) is 28.6 Å². The Bertz CT molecular complexity index is 607. The van der Waals surface area contributed by atoms with Crippen molar-refractivity contribution < 1.29 is 19.0 Å². The monoisotopic (exact) mass is 348 g/mol. The van der Waals surface area contributed by atoms with Crippen molar-refractivity contribution in [2.45, 2.75) is 78.8 Å². The Morgan fingerprint density at radius 1 is 1.20 bits per heavy atom. The normalized spacial score (nSPS) is 46.0. The Labute approximate surface area is 151 Å². The van der Waals surface area contributed by atoms with E-state index in [0.29, 0.717) is 11.3 Å². The van der Waals surface area contributed by atoms with Gasteiger partial charge in [0.05, 0.1) is 11.8 Å². The predicted molar refractivity (Wildman–Crippen MR) is 94.5 cm³/mol. The quantitative estimate of drug-likeness (QED) is 0.547. The Morgan fingerprint density at radius 2 is 1.96 bits per heavy atom. The lowest BCUT2D eigenvalue weighted by Crippen LogP contribution is -2.44. The average molecular weight is 348 g/mol. The van der Waals surface area contributed by atoms with Crippen LogP contribution in [-0.4, -0.2) is 25.7 Å². The van der Waals surface area contributed by atoms with Crippen molar-refractivity contribution >= 4 is 5.97 Å². The first-order chi connectivity index (χ1) is 11.8. The standard InChI is InChI=1S/C21H32O4/c1-12-15-14(21(4)10-6-9-20(2,3)11-21)8-7-13-16(15)19(24-17(12)22)25-18(13)23-5/h12-13,16,18-19H,6-11H2,1-5H3/t12-,13-,16-,18?,19-,21+/m1/s1. The van der Waals surface area contributed by atoms with Gasteiger partial charge in [0, 0.05) is 13.0 Å². The van der Waals surface area contributed by atoms with Crippen LogP contribution < -0.4 is 0 Å². The fraction of sp³-hybridized carbons (Fsp3) is 0.857. The van der Waals surface area contributed by atoms with Gasteiger partial charge in [-0.3, -0.25) is 4.79 Å². The van der Waals surface area contributed by atoms with Gasteiger partial charge in [0.15, 0.2) is 6.29 Å². The molecule has 4 heteroatoms. The van der Waals surface area contributed by atoms with Gasteiger partial charge >= 0.3 is 5.97 Å². The fourth-order valence-electron chi connectivity index (χ4n) is 6.36. The lowest BCUT2D eigenvalue weighted by molar-refractivity contribution is -0.215. The van der Waals surface area contributed by atoms with Crippen LogP contribution in [0.2, 0.25) is 0 Å². The lowest BCUT2D eigenvalue weighted by Gasteiger charge is -2.49. The Hall–Kier alpha value is -0.870. The molecule has 2 aliphatic heterocycles. The van der Waals surface area contributed by atoms with Gasteiger partial charge in [-0.1, -0.05) is 32.8 Å². The van der Waals surface area contributed by atoms with E-state index < -0.39 is 6.29 Å². The van der Waals surface area contributed by atoms with Gasteiger partial charge in [0.1, 0.15) is 0 Å². The number of esters is 1. The molecule has 1 saturated carbocycles. The molecule has 1 unspecified atom stereocenters. The summed E-state index contributed by atoms with van der Waals surface area (Å²) < 4.78 is 17.1. The SMILES string of the molecule is COC1O[C@H]2OC(=O)[C@H](C)C3=C([C@@]4(C)CCCC(C)(C)C4)CC[C@@H]1[C@H]32. The molecule has 2 aliphatic carbocycles. The van der Waals surface area contributed by atoms with Crippen molar-refractivity contribution in [1.82, 2.24) is 0 Å². The van der Waals surface area contributed by atoms with Gasteiger partial charge < -0.3 is 14.2 Å². The maximum absolute atomic E-state index is 12.5. The van der Waals surface area contributed by atoms with Crippen molar-refractivity contribution in [2.24, 2.45) is 28.6 Å². The van der Waals surface area contributed by atoms with E-state index in [2.05, 4.69) is 20.8 Å². The molecule has 3 fully saturated rings. The third-order valence-corrected chi connectivity index (χ3v) is 7.27. The summed E-state index contributed by atoms with van der Waals surface area (Å²) in [6.45, 7) is 9.24. The molecule has 0 N–H and O–H groups in total. The van der Waals surface area contributed by atoms with E-state index in [0.717, 1.165) is 12.8 Å². The second kappa shape index (κ2) is 5.82. The highest BCUT2D eigenvalue weighted by Crippen LogP contribution is 2.59. The first-order valence-corrected chi connectivity index (χ1v) is 9.88. The number of carbonyl (C=O) groups excluding carboxylic acids is 1. The number of carbonyl (C=O) groups is 1. The minimum atomic E-state index is -0.454. The number of methoxy groups -OCH3 is 1. The summed E-state index contributed by atoms with van der Waals surface area (Å²) in [7, 11) is 1.69. The van der Waals surface area contributed by atoms with Crippen molar-refractivity contribution in [1.29, 1.82) is 0 Å². The van der Waals surface area contributed by atoms with Crippen LogP contribution in [0.1, 0.15) is 66.2 Å². The van der Waals surface area contributed by atoms with Gasteiger partial charge in [-0.25, -0.2) is 0 Å². The van der Waals surface area contributed by atoms with Crippen LogP contribution in [0.25, 0.3) is 0 Å². The van der Waals surface area contributed by atoms with Gasteiger partial charge in [0.25, 0.3) is 0 Å². The molecule has 0 aromatic heterocycles. The molecular weight excluding hydrogens is 316 g/mol. The molecule has 4 nitrogen and oxygen atoms in total. The molecule has 25 heavy (non-hydrogen) atoms. The first-order valence-electron chi connectivity index (χ1n) is 9.88. The Morgan fingerprint density at radius 3 is 2.64 bits per heavy atom. The first kappa shape index (κ1) is 17.5.